The summed E-state index contributed by atoms with van der Waals surface area (Å²) in [5, 5.41) is 4.40. The Balaban J connectivity index is 1.89. The molecule has 0 aliphatic carbocycles. The molecule has 0 heterocycles. The lowest BCUT2D eigenvalue weighted by molar-refractivity contribution is 0.306. The van der Waals surface area contributed by atoms with Crippen LogP contribution >= 0.6 is 0 Å². The van der Waals surface area contributed by atoms with Gasteiger partial charge in [-0.05, 0) is 31.0 Å². The van der Waals surface area contributed by atoms with Gasteiger partial charge in [-0.15, -0.1) is 0 Å². The van der Waals surface area contributed by atoms with Crippen molar-refractivity contribution in [2.24, 2.45) is 0 Å². The Morgan fingerprint density at radius 3 is 1.59 bits per heavy atom. The van der Waals surface area contributed by atoms with Gasteiger partial charge in [-0.2, -0.15) is 0 Å². The number of fused-ring (bicyclic) bond motifs is 2. The van der Waals surface area contributed by atoms with Gasteiger partial charge in [0.15, 0.2) is 0 Å². The van der Waals surface area contributed by atoms with Crippen molar-refractivity contribution in [2.45, 2.75) is 78.1 Å². The van der Waals surface area contributed by atoms with Crippen LogP contribution in [-0.2, 0) is 0 Å². The molecule has 3 aromatic rings. The minimum Gasteiger partial charge on any atom is -0.497 e. The molecule has 0 bridgehead atoms. The molecule has 0 aromatic heterocycles. The molecule has 0 saturated heterocycles. The summed E-state index contributed by atoms with van der Waals surface area (Å²) in [6.45, 7) is 5.97. The lowest BCUT2D eigenvalue weighted by Crippen LogP contribution is -2.02. The number of rotatable bonds is 15. The molecule has 0 aliphatic heterocycles. The quantitative estimate of drug-likeness (QED) is 0.176. The van der Waals surface area contributed by atoms with E-state index in [9.17, 15) is 0 Å². The largest absolute Gasteiger partial charge is 0.497 e. The number of ether oxygens (including phenoxy) is 3. The molecule has 0 fully saturated rings. The van der Waals surface area contributed by atoms with E-state index in [1.54, 1.807) is 7.11 Å². The van der Waals surface area contributed by atoms with Gasteiger partial charge in [-0.25, -0.2) is 0 Å². The first kappa shape index (κ1) is 24.2. The highest BCUT2D eigenvalue weighted by Crippen LogP contribution is 2.44. The molecule has 0 spiro atoms. The van der Waals surface area contributed by atoms with E-state index in [4.69, 9.17) is 14.2 Å². The van der Waals surface area contributed by atoms with Crippen LogP contribution in [0.1, 0.15) is 78.1 Å². The van der Waals surface area contributed by atoms with Crippen LogP contribution in [0.2, 0.25) is 0 Å². The van der Waals surface area contributed by atoms with E-state index < -0.39 is 0 Å². The maximum Gasteiger partial charge on any atom is 0.135 e. The van der Waals surface area contributed by atoms with Crippen LogP contribution in [0.15, 0.2) is 42.5 Å². The number of benzene rings is 3. The smallest absolute Gasteiger partial charge is 0.135 e. The molecule has 0 aliphatic rings. The number of hydrogen-bond acceptors (Lipinski definition) is 3. The van der Waals surface area contributed by atoms with Crippen LogP contribution in [-0.4, -0.2) is 20.3 Å². The van der Waals surface area contributed by atoms with Gasteiger partial charge in [0.1, 0.15) is 17.2 Å². The van der Waals surface area contributed by atoms with Gasteiger partial charge < -0.3 is 14.2 Å². The first-order valence-electron chi connectivity index (χ1n) is 12.6. The average Bonchev–Trinajstić information content (AvgIpc) is 2.83. The lowest BCUT2D eigenvalue weighted by atomic mass is 10.00. The Bertz CT molecular complexity index is 963. The van der Waals surface area contributed by atoms with Gasteiger partial charge in [0.05, 0.1) is 20.3 Å². The minimum absolute atomic E-state index is 0.734. The predicted octanol–water partition coefficient (Wildman–Crippen LogP) is 8.70. The SMILES string of the molecule is CCCCCCCOc1c2ccccc2c(OCCCCCCC)c2cc(OC)ccc12. The maximum absolute atomic E-state index is 6.43. The highest BCUT2D eigenvalue weighted by molar-refractivity contribution is 6.11. The summed E-state index contributed by atoms with van der Waals surface area (Å²) in [5.74, 6) is 2.75. The van der Waals surface area contributed by atoms with Crippen LogP contribution in [0.3, 0.4) is 0 Å². The average molecular weight is 437 g/mol. The normalized spacial score (nSPS) is 11.2. The molecule has 3 heteroatoms. The topological polar surface area (TPSA) is 27.7 Å². The molecule has 3 rings (SSSR count). The van der Waals surface area contributed by atoms with Crippen LogP contribution in [0, 0.1) is 0 Å². The highest BCUT2D eigenvalue weighted by Gasteiger charge is 2.17. The Labute approximate surface area is 194 Å². The molecule has 0 amide bonds. The summed E-state index contributed by atoms with van der Waals surface area (Å²) >= 11 is 0. The second-order valence-corrected chi connectivity index (χ2v) is 8.64. The van der Waals surface area contributed by atoms with Gasteiger partial charge in [0.25, 0.3) is 0 Å². The van der Waals surface area contributed by atoms with Gasteiger partial charge in [0.2, 0.25) is 0 Å². The molecule has 3 nitrogen and oxygen atoms in total. The molecular formula is C29H40O3. The fraction of sp³-hybridized carbons (Fsp3) is 0.517. The fourth-order valence-corrected chi connectivity index (χ4v) is 4.28. The zero-order valence-electron chi connectivity index (χ0n) is 20.3. The number of methoxy groups -OCH3 is 1. The number of unbranched alkanes of at least 4 members (excludes halogenated alkanes) is 8. The van der Waals surface area contributed by atoms with E-state index in [-0.39, 0.29) is 0 Å². The summed E-state index contributed by atoms with van der Waals surface area (Å²) < 4.78 is 18.4. The summed E-state index contributed by atoms with van der Waals surface area (Å²) in [6, 6.07) is 14.7. The van der Waals surface area contributed by atoms with Crippen LogP contribution in [0.25, 0.3) is 21.5 Å². The minimum atomic E-state index is 0.734. The third-order valence-electron chi connectivity index (χ3n) is 6.12. The van der Waals surface area contributed by atoms with E-state index in [1.165, 1.54) is 51.4 Å². The second kappa shape index (κ2) is 13.2. The lowest BCUT2D eigenvalue weighted by Gasteiger charge is -2.18. The molecule has 0 radical (unpaired) electrons. The van der Waals surface area contributed by atoms with Crippen molar-refractivity contribution in [3.63, 3.8) is 0 Å². The molecular weight excluding hydrogens is 396 g/mol. The van der Waals surface area contributed by atoms with Crippen LogP contribution < -0.4 is 14.2 Å². The Morgan fingerprint density at radius 1 is 0.562 bits per heavy atom. The van der Waals surface area contributed by atoms with Crippen LogP contribution in [0.4, 0.5) is 0 Å². The first-order valence-corrected chi connectivity index (χ1v) is 12.6. The molecule has 32 heavy (non-hydrogen) atoms. The van der Waals surface area contributed by atoms with Crippen LogP contribution in [0.5, 0.6) is 17.2 Å². The van der Waals surface area contributed by atoms with Crippen molar-refractivity contribution in [1.82, 2.24) is 0 Å². The predicted molar refractivity (Wildman–Crippen MR) is 137 cm³/mol. The van der Waals surface area contributed by atoms with E-state index >= 15 is 0 Å². The Kier molecular flexibility index (Phi) is 9.99. The van der Waals surface area contributed by atoms with E-state index in [1.807, 2.05) is 6.07 Å². The monoisotopic (exact) mass is 436 g/mol. The molecule has 0 N–H and O–H groups in total. The van der Waals surface area contributed by atoms with Gasteiger partial charge in [0, 0.05) is 21.5 Å². The first-order chi connectivity index (χ1) is 15.8. The Morgan fingerprint density at radius 2 is 1.06 bits per heavy atom. The standard InChI is InChI=1S/C29H40O3/c1-4-6-8-10-14-20-31-28-24-16-12-13-17-25(24)29(32-21-15-11-9-7-5-2)27-22-23(30-3)18-19-26(27)28/h12-13,16-19,22H,4-11,14-15,20-21H2,1-3H3. The zero-order valence-corrected chi connectivity index (χ0v) is 20.3. The van der Waals surface area contributed by atoms with Crippen molar-refractivity contribution < 1.29 is 14.2 Å². The molecule has 3 aromatic carbocycles. The third-order valence-corrected chi connectivity index (χ3v) is 6.12. The van der Waals surface area contributed by atoms with Gasteiger partial charge in [-0.1, -0.05) is 89.5 Å². The zero-order chi connectivity index (χ0) is 22.6. The summed E-state index contributed by atoms with van der Waals surface area (Å²) in [5.41, 5.74) is 0. The maximum atomic E-state index is 6.43. The second-order valence-electron chi connectivity index (χ2n) is 8.64. The van der Waals surface area contributed by atoms with Crippen molar-refractivity contribution in [3.8, 4) is 17.2 Å². The summed E-state index contributed by atoms with van der Waals surface area (Å²) in [6.07, 6.45) is 12.3. The van der Waals surface area contributed by atoms with Crippen molar-refractivity contribution >= 4 is 21.5 Å². The van der Waals surface area contributed by atoms with Crippen molar-refractivity contribution in [1.29, 1.82) is 0 Å². The van der Waals surface area contributed by atoms with Crippen molar-refractivity contribution in [3.05, 3.63) is 42.5 Å². The van der Waals surface area contributed by atoms with E-state index in [0.717, 1.165) is 64.8 Å². The molecule has 174 valence electrons. The number of hydrogen-bond donors (Lipinski definition) is 0. The molecule has 0 saturated carbocycles. The molecule has 0 atom stereocenters. The third kappa shape index (κ3) is 6.31. The van der Waals surface area contributed by atoms with Gasteiger partial charge >= 0.3 is 0 Å². The highest BCUT2D eigenvalue weighted by atomic mass is 16.5. The fourth-order valence-electron chi connectivity index (χ4n) is 4.28. The van der Waals surface area contributed by atoms with Gasteiger partial charge in [-0.3, -0.25) is 0 Å². The summed E-state index contributed by atoms with van der Waals surface area (Å²) in [4.78, 5) is 0. The van der Waals surface area contributed by atoms with Crippen molar-refractivity contribution in [2.75, 3.05) is 20.3 Å². The molecule has 0 unspecified atom stereocenters. The van der Waals surface area contributed by atoms with E-state index in [0.29, 0.717) is 0 Å². The summed E-state index contributed by atoms with van der Waals surface area (Å²) in [7, 11) is 1.71. The Hall–Kier alpha value is -2.42. The van der Waals surface area contributed by atoms with E-state index in [2.05, 4.69) is 50.2 Å².